The summed E-state index contributed by atoms with van der Waals surface area (Å²) in [6.07, 6.45) is 0.999. The highest BCUT2D eigenvalue weighted by atomic mass is 35.5. The zero-order valence-electron chi connectivity index (χ0n) is 10.1. The number of hydrogen-bond acceptors (Lipinski definition) is 1. The highest BCUT2D eigenvalue weighted by Gasteiger charge is 2.02. The molecule has 0 spiro atoms. The van der Waals surface area contributed by atoms with Crippen molar-refractivity contribution < 1.29 is 4.74 Å². The van der Waals surface area contributed by atoms with Crippen molar-refractivity contribution >= 4 is 23.2 Å². The molecule has 94 valence electrons. The first-order valence-electron chi connectivity index (χ1n) is 5.84. The largest absolute Gasteiger partial charge is 0.489 e. The molecule has 0 aliphatic rings. The Hall–Kier alpha value is -1.18. The van der Waals surface area contributed by atoms with Gasteiger partial charge in [0.2, 0.25) is 0 Å². The van der Waals surface area contributed by atoms with Crippen molar-refractivity contribution in [2.75, 3.05) is 0 Å². The summed E-state index contributed by atoms with van der Waals surface area (Å²) in [7, 11) is 0. The summed E-state index contributed by atoms with van der Waals surface area (Å²) >= 11 is 11.9. The van der Waals surface area contributed by atoms with Crippen molar-refractivity contribution in [3.05, 3.63) is 63.6 Å². The van der Waals surface area contributed by atoms with Crippen molar-refractivity contribution in [3.63, 3.8) is 0 Å². The first-order valence-corrected chi connectivity index (χ1v) is 6.60. The second kappa shape index (κ2) is 6.12. The van der Waals surface area contributed by atoms with Gasteiger partial charge in [0.1, 0.15) is 12.4 Å². The highest BCUT2D eigenvalue weighted by molar-refractivity contribution is 6.35. The van der Waals surface area contributed by atoms with Crippen LogP contribution in [0.25, 0.3) is 0 Å². The minimum Gasteiger partial charge on any atom is -0.489 e. The summed E-state index contributed by atoms with van der Waals surface area (Å²) in [6, 6.07) is 13.5. The summed E-state index contributed by atoms with van der Waals surface area (Å²) < 4.78 is 5.73. The van der Waals surface area contributed by atoms with Gasteiger partial charge in [-0.25, -0.2) is 0 Å². The van der Waals surface area contributed by atoms with E-state index in [1.807, 2.05) is 30.3 Å². The average molecular weight is 281 g/mol. The van der Waals surface area contributed by atoms with Crippen molar-refractivity contribution in [3.8, 4) is 5.75 Å². The molecule has 0 saturated carbocycles. The predicted octanol–water partition coefficient (Wildman–Crippen LogP) is 5.13. The van der Waals surface area contributed by atoms with Gasteiger partial charge in [-0.05, 0) is 36.2 Å². The van der Waals surface area contributed by atoms with E-state index in [0.717, 1.165) is 17.7 Å². The van der Waals surface area contributed by atoms with Crippen molar-refractivity contribution in [1.82, 2.24) is 0 Å². The molecule has 1 nitrogen and oxygen atoms in total. The molecule has 3 heteroatoms. The van der Waals surface area contributed by atoms with Crippen molar-refractivity contribution in [1.29, 1.82) is 0 Å². The van der Waals surface area contributed by atoms with E-state index in [-0.39, 0.29) is 0 Å². The van der Waals surface area contributed by atoms with Gasteiger partial charge in [-0.3, -0.25) is 0 Å². The monoisotopic (exact) mass is 280 g/mol. The van der Waals surface area contributed by atoms with Gasteiger partial charge in [-0.2, -0.15) is 0 Å². The Labute approximate surface area is 117 Å². The number of hydrogen-bond donors (Lipinski definition) is 0. The Balaban J connectivity index is 2.06. The van der Waals surface area contributed by atoms with Crippen LogP contribution in [0.5, 0.6) is 5.75 Å². The Kier molecular flexibility index (Phi) is 4.51. The van der Waals surface area contributed by atoms with Gasteiger partial charge >= 0.3 is 0 Å². The molecule has 0 aliphatic heterocycles. The van der Waals surface area contributed by atoms with Gasteiger partial charge in [0.15, 0.2) is 0 Å². The quantitative estimate of drug-likeness (QED) is 0.754. The fourth-order valence-electron chi connectivity index (χ4n) is 1.66. The molecule has 0 saturated heterocycles. The van der Waals surface area contributed by atoms with Crippen LogP contribution >= 0.6 is 23.2 Å². The number of rotatable bonds is 4. The lowest BCUT2D eigenvalue weighted by Crippen LogP contribution is -1.96. The van der Waals surface area contributed by atoms with E-state index >= 15 is 0 Å². The van der Waals surface area contributed by atoms with E-state index in [2.05, 4.69) is 13.0 Å². The van der Waals surface area contributed by atoms with Gasteiger partial charge in [0, 0.05) is 15.6 Å². The summed E-state index contributed by atoms with van der Waals surface area (Å²) in [5, 5.41) is 1.27. The summed E-state index contributed by atoms with van der Waals surface area (Å²) in [5.74, 6) is 0.861. The van der Waals surface area contributed by atoms with E-state index in [1.165, 1.54) is 5.56 Å². The van der Waals surface area contributed by atoms with E-state index in [4.69, 9.17) is 27.9 Å². The number of aryl methyl sites for hydroxylation is 1. The maximum Gasteiger partial charge on any atom is 0.120 e. The Morgan fingerprint density at radius 1 is 1.06 bits per heavy atom. The van der Waals surface area contributed by atoms with Crippen LogP contribution in [0.3, 0.4) is 0 Å². The fourth-order valence-corrected chi connectivity index (χ4v) is 2.12. The molecule has 18 heavy (non-hydrogen) atoms. The molecule has 2 aromatic rings. The summed E-state index contributed by atoms with van der Waals surface area (Å²) in [5.41, 5.74) is 2.19. The molecular weight excluding hydrogens is 267 g/mol. The average Bonchev–Trinajstić information content (AvgIpc) is 2.38. The minimum absolute atomic E-state index is 0.448. The zero-order chi connectivity index (χ0) is 13.0. The molecule has 0 fully saturated rings. The molecule has 0 amide bonds. The van der Waals surface area contributed by atoms with E-state index in [9.17, 15) is 0 Å². The molecule has 0 bridgehead atoms. The maximum absolute atomic E-state index is 6.09. The number of benzene rings is 2. The fraction of sp³-hybridized carbons (Fsp3) is 0.200. The zero-order valence-corrected chi connectivity index (χ0v) is 11.6. The first-order chi connectivity index (χ1) is 8.69. The Bertz CT molecular complexity index is 538. The second-order valence-corrected chi connectivity index (χ2v) is 4.87. The lowest BCUT2D eigenvalue weighted by Gasteiger charge is -2.09. The van der Waals surface area contributed by atoms with Gasteiger partial charge in [-0.15, -0.1) is 0 Å². The van der Waals surface area contributed by atoms with E-state index in [1.54, 1.807) is 6.07 Å². The number of ether oxygens (including phenoxy) is 1. The molecule has 0 aliphatic carbocycles. The van der Waals surface area contributed by atoms with E-state index < -0.39 is 0 Å². The SMILES string of the molecule is CCc1cccc(OCc2ccc(Cl)cc2Cl)c1. The van der Waals surface area contributed by atoms with Crippen LogP contribution in [-0.2, 0) is 13.0 Å². The van der Waals surface area contributed by atoms with Crippen LogP contribution in [0.4, 0.5) is 0 Å². The molecule has 0 unspecified atom stereocenters. The molecule has 2 rings (SSSR count). The smallest absolute Gasteiger partial charge is 0.120 e. The van der Waals surface area contributed by atoms with Gasteiger partial charge in [0.05, 0.1) is 0 Å². The van der Waals surface area contributed by atoms with Crippen molar-refractivity contribution in [2.24, 2.45) is 0 Å². The minimum atomic E-state index is 0.448. The van der Waals surface area contributed by atoms with E-state index in [0.29, 0.717) is 16.7 Å². The molecular formula is C15H14Cl2O. The number of halogens is 2. The van der Waals surface area contributed by atoms with Crippen LogP contribution in [0, 0.1) is 0 Å². The molecule has 0 radical (unpaired) electrons. The van der Waals surface area contributed by atoms with Crippen LogP contribution < -0.4 is 4.74 Å². The van der Waals surface area contributed by atoms with Crippen molar-refractivity contribution in [2.45, 2.75) is 20.0 Å². The summed E-state index contributed by atoms with van der Waals surface area (Å²) in [4.78, 5) is 0. The standard InChI is InChI=1S/C15H14Cl2O/c1-2-11-4-3-5-14(8-11)18-10-12-6-7-13(16)9-15(12)17/h3-9H,2,10H2,1H3. The van der Waals surface area contributed by atoms with Crippen LogP contribution in [0.1, 0.15) is 18.1 Å². The lowest BCUT2D eigenvalue weighted by molar-refractivity contribution is 0.306. The van der Waals surface area contributed by atoms with Crippen LogP contribution in [0.2, 0.25) is 10.0 Å². The molecule has 0 N–H and O–H groups in total. The summed E-state index contributed by atoms with van der Waals surface area (Å²) in [6.45, 7) is 2.57. The molecule has 2 aromatic carbocycles. The third-order valence-corrected chi connectivity index (χ3v) is 3.30. The lowest BCUT2D eigenvalue weighted by atomic mass is 10.2. The predicted molar refractivity (Wildman–Crippen MR) is 76.6 cm³/mol. The highest BCUT2D eigenvalue weighted by Crippen LogP contribution is 2.23. The third kappa shape index (κ3) is 3.41. The maximum atomic E-state index is 6.09. The van der Waals surface area contributed by atoms with Crippen LogP contribution in [0.15, 0.2) is 42.5 Å². The normalized spacial score (nSPS) is 10.4. The van der Waals surface area contributed by atoms with Gasteiger partial charge in [-0.1, -0.05) is 48.3 Å². The topological polar surface area (TPSA) is 9.23 Å². The molecule has 0 atom stereocenters. The van der Waals surface area contributed by atoms with Crippen LogP contribution in [-0.4, -0.2) is 0 Å². The Morgan fingerprint density at radius 2 is 1.89 bits per heavy atom. The molecule has 0 aromatic heterocycles. The Morgan fingerprint density at radius 3 is 2.61 bits per heavy atom. The third-order valence-electron chi connectivity index (χ3n) is 2.72. The first kappa shape index (κ1) is 13.3. The van der Waals surface area contributed by atoms with Gasteiger partial charge in [0.25, 0.3) is 0 Å². The second-order valence-electron chi connectivity index (χ2n) is 4.03. The van der Waals surface area contributed by atoms with Gasteiger partial charge < -0.3 is 4.74 Å². The molecule has 0 heterocycles.